The Morgan fingerprint density at radius 2 is 2.00 bits per heavy atom. The molecule has 0 aliphatic rings. The maximum atomic E-state index is 13.0. The van der Waals surface area contributed by atoms with Gasteiger partial charge in [-0.1, -0.05) is 6.07 Å². The van der Waals surface area contributed by atoms with Crippen LogP contribution in [0.25, 0.3) is 0 Å². The van der Waals surface area contributed by atoms with E-state index >= 15 is 0 Å². The van der Waals surface area contributed by atoms with Crippen LogP contribution in [-0.4, -0.2) is 11.1 Å². The molecule has 1 aromatic carbocycles. The van der Waals surface area contributed by atoms with Gasteiger partial charge in [0.1, 0.15) is 0 Å². The summed E-state index contributed by atoms with van der Waals surface area (Å²) in [6.07, 6.45) is -0.500. The summed E-state index contributed by atoms with van der Waals surface area (Å²) in [6.45, 7) is 0. The summed E-state index contributed by atoms with van der Waals surface area (Å²) in [5, 5.41) is 8.36. The van der Waals surface area contributed by atoms with Crippen molar-refractivity contribution in [3.63, 3.8) is 0 Å². The van der Waals surface area contributed by atoms with Gasteiger partial charge in [0.05, 0.1) is 9.99 Å². The molecule has 70 valence electrons. The Kier molecular flexibility index (Phi) is 3.18. The summed E-state index contributed by atoms with van der Waals surface area (Å²) in [4.78, 5) is 10.2. The van der Waals surface area contributed by atoms with Gasteiger partial charge in [0, 0.05) is 5.56 Å². The highest BCUT2D eigenvalue weighted by molar-refractivity contribution is 14.1. The van der Waals surface area contributed by atoms with Gasteiger partial charge in [0.25, 0.3) is 0 Å². The minimum absolute atomic E-state index is 0.134. The quantitative estimate of drug-likeness (QED) is 0.671. The van der Waals surface area contributed by atoms with E-state index in [2.05, 4.69) is 0 Å². The zero-order valence-electron chi connectivity index (χ0n) is 6.35. The molecular formula is C8H5F2IO2. The van der Waals surface area contributed by atoms with E-state index < -0.39 is 24.0 Å². The fourth-order valence-electron chi connectivity index (χ4n) is 0.865. The maximum absolute atomic E-state index is 13.0. The van der Waals surface area contributed by atoms with E-state index in [0.29, 0.717) is 0 Å². The Morgan fingerprint density at radius 3 is 2.54 bits per heavy atom. The Balaban J connectivity index is 3.10. The van der Waals surface area contributed by atoms with Crippen molar-refractivity contribution in [3.8, 4) is 0 Å². The molecule has 0 saturated carbocycles. The predicted octanol–water partition coefficient (Wildman–Crippen LogP) is 2.20. The summed E-state index contributed by atoms with van der Waals surface area (Å²) >= 11 is 1.64. The van der Waals surface area contributed by atoms with Crippen molar-refractivity contribution in [2.75, 3.05) is 0 Å². The molecule has 13 heavy (non-hydrogen) atoms. The largest absolute Gasteiger partial charge is 0.481 e. The van der Waals surface area contributed by atoms with Gasteiger partial charge in [0.2, 0.25) is 0 Å². The van der Waals surface area contributed by atoms with Crippen LogP contribution in [0.1, 0.15) is 5.56 Å². The first-order valence-corrected chi connectivity index (χ1v) is 4.44. The fourth-order valence-corrected chi connectivity index (χ4v) is 1.28. The zero-order valence-corrected chi connectivity index (χ0v) is 8.51. The molecule has 5 heteroatoms. The minimum Gasteiger partial charge on any atom is -0.481 e. The van der Waals surface area contributed by atoms with E-state index in [0.717, 1.165) is 0 Å². The normalized spacial score (nSPS) is 10.1. The van der Waals surface area contributed by atoms with E-state index in [1.807, 2.05) is 0 Å². The van der Waals surface area contributed by atoms with Crippen LogP contribution < -0.4 is 0 Å². The van der Waals surface area contributed by atoms with Crippen molar-refractivity contribution in [1.29, 1.82) is 0 Å². The Hall–Kier alpha value is -0.720. The van der Waals surface area contributed by atoms with Gasteiger partial charge in [-0.3, -0.25) is 4.79 Å². The lowest BCUT2D eigenvalue weighted by Crippen LogP contribution is -2.04. The lowest BCUT2D eigenvalue weighted by atomic mass is 10.1. The number of benzene rings is 1. The van der Waals surface area contributed by atoms with Crippen LogP contribution in [-0.2, 0) is 11.2 Å². The van der Waals surface area contributed by atoms with Gasteiger partial charge in [-0.2, -0.15) is 0 Å². The van der Waals surface area contributed by atoms with Crippen LogP contribution in [0.15, 0.2) is 12.1 Å². The first-order chi connectivity index (χ1) is 6.02. The van der Waals surface area contributed by atoms with Gasteiger partial charge < -0.3 is 5.11 Å². The SMILES string of the molecule is O=C(O)Cc1ccc(I)c(F)c1F. The highest BCUT2D eigenvalue weighted by atomic mass is 127. The van der Waals surface area contributed by atoms with Crippen molar-refractivity contribution in [2.24, 2.45) is 0 Å². The summed E-state index contributed by atoms with van der Waals surface area (Å²) in [5.41, 5.74) is -0.134. The third-order valence-electron chi connectivity index (χ3n) is 1.46. The number of carbonyl (C=O) groups is 1. The molecule has 1 N–H and O–H groups in total. The van der Waals surface area contributed by atoms with E-state index in [9.17, 15) is 13.6 Å². The van der Waals surface area contributed by atoms with Gasteiger partial charge in [-0.05, 0) is 28.7 Å². The average Bonchev–Trinajstić information content (AvgIpc) is 2.06. The number of carboxylic acid groups (broad SMARTS) is 1. The molecular weight excluding hydrogens is 293 g/mol. The molecule has 1 rings (SSSR count). The molecule has 1 aromatic rings. The number of carboxylic acids is 1. The second-order valence-electron chi connectivity index (χ2n) is 2.40. The summed E-state index contributed by atoms with van der Waals surface area (Å²) in [7, 11) is 0. The average molecular weight is 298 g/mol. The van der Waals surface area contributed by atoms with Crippen LogP contribution in [0, 0.1) is 15.2 Å². The van der Waals surface area contributed by atoms with E-state index in [1.54, 1.807) is 22.6 Å². The van der Waals surface area contributed by atoms with E-state index in [1.165, 1.54) is 12.1 Å². The number of halogens is 3. The third kappa shape index (κ3) is 2.36. The smallest absolute Gasteiger partial charge is 0.307 e. The molecule has 0 heterocycles. The monoisotopic (exact) mass is 298 g/mol. The van der Waals surface area contributed by atoms with E-state index in [-0.39, 0.29) is 9.13 Å². The molecule has 0 aromatic heterocycles. The van der Waals surface area contributed by atoms with Crippen molar-refractivity contribution in [1.82, 2.24) is 0 Å². The van der Waals surface area contributed by atoms with Crippen molar-refractivity contribution in [3.05, 3.63) is 32.9 Å². The number of rotatable bonds is 2. The van der Waals surface area contributed by atoms with Gasteiger partial charge >= 0.3 is 5.97 Å². The Bertz CT molecular complexity index is 352. The summed E-state index contributed by atoms with van der Waals surface area (Å²) in [5.74, 6) is -3.24. The van der Waals surface area contributed by atoms with Crippen LogP contribution in [0.5, 0.6) is 0 Å². The van der Waals surface area contributed by atoms with Crippen LogP contribution in [0.2, 0.25) is 0 Å². The van der Waals surface area contributed by atoms with Crippen LogP contribution in [0.4, 0.5) is 8.78 Å². The lowest BCUT2D eigenvalue weighted by molar-refractivity contribution is -0.136. The molecule has 0 unspecified atom stereocenters. The Morgan fingerprint density at radius 1 is 1.38 bits per heavy atom. The number of hydrogen-bond acceptors (Lipinski definition) is 1. The van der Waals surface area contributed by atoms with E-state index in [4.69, 9.17) is 5.11 Å². The standard InChI is InChI=1S/C8H5F2IO2/c9-7-4(3-6(12)13)1-2-5(11)8(7)10/h1-2H,3H2,(H,12,13). The van der Waals surface area contributed by atoms with Gasteiger partial charge in [-0.15, -0.1) is 0 Å². The van der Waals surface area contributed by atoms with Crippen molar-refractivity contribution < 1.29 is 18.7 Å². The first kappa shape index (κ1) is 10.4. The molecule has 0 spiro atoms. The molecule has 0 fully saturated rings. The maximum Gasteiger partial charge on any atom is 0.307 e. The molecule has 0 bridgehead atoms. The first-order valence-electron chi connectivity index (χ1n) is 3.36. The Labute approximate surface area is 86.7 Å². The summed E-state index contributed by atoms with van der Waals surface area (Å²) < 4.78 is 26.0. The van der Waals surface area contributed by atoms with Gasteiger partial charge in [0.15, 0.2) is 11.6 Å². The van der Waals surface area contributed by atoms with Crippen molar-refractivity contribution in [2.45, 2.75) is 6.42 Å². The van der Waals surface area contributed by atoms with Crippen molar-refractivity contribution >= 4 is 28.6 Å². The molecule has 0 saturated heterocycles. The molecule has 0 amide bonds. The highest BCUT2D eigenvalue weighted by Gasteiger charge is 2.13. The molecule has 0 atom stereocenters. The highest BCUT2D eigenvalue weighted by Crippen LogP contribution is 2.18. The number of hydrogen-bond donors (Lipinski definition) is 1. The van der Waals surface area contributed by atoms with Crippen LogP contribution in [0.3, 0.4) is 0 Å². The summed E-state index contributed by atoms with van der Waals surface area (Å²) in [6, 6.07) is 2.62. The second kappa shape index (κ2) is 3.99. The van der Waals surface area contributed by atoms with Crippen LogP contribution >= 0.6 is 22.6 Å². The third-order valence-corrected chi connectivity index (χ3v) is 2.29. The molecule has 0 aliphatic carbocycles. The molecule has 0 aliphatic heterocycles. The lowest BCUT2D eigenvalue weighted by Gasteiger charge is -2.01. The fraction of sp³-hybridized carbons (Fsp3) is 0.125. The molecule has 0 radical (unpaired) electrons. The second-order valence-corrected chi connectivity index (χ2v) is 3.57. The topological polar surface area (TPSA) is 37.3 Å². The number of aliphatic carboxylic acids is 1. The molecule has 2 nitrogen and oxygen atoms in total. The predicted molar refractivity (Wildman–Crippen MR) is 50.4 cm³/mol. The van der Waals surface area contributed by atoms with Gasteiger partial charge in [-0.25, -0.2) is 8.78 Å². The zero-order chi connectivity index (χ0) is 10.0. The minimum atomic E-state index is -1.18.